The van der Waals surface area contributed by atoms with Gasteiger partial charge < -0.3 is 14.6 Å². The summed E-state index contributed by atoms with van der Waals surface area (Å²) < 4.78 is 10.5. The Morgan fingerprint density at radius 3 is 1.38 bits per heavy atom. The van der Waals surface area contributed by atoms with Crippen LogP contribution >= 0.6 is 0 Å². The largest absolute Gasteiger partial charge is 0.478 e. The summed E-state index contributed by atoms with van der Waals surface area (Å²) in [6.45, 7) is 0.0650. The molecule has 3 rings (SSSR count). The first-order valence-electron chi connectivity index (χ1n) is 8.83. The molecule has 0 radical (unpaired) electrons. The normalized spacial score (nSPS) is 10.2. The van der Waals surface area contributed by atoms with E-state index in [1.54, 1.807) is 24.3 Å². The third-order valence-electron chi connectivity index (χ3n) is 4.08. The number of carbonyl (C=O) groups excluding carboxylic acids is 2. The molecule has 6 heteroatoms. The van der Waals surface area contributed by atoms with Crippen LogP contribution in [-0.2, 0) is 22.7 Å². The van der Waals surface area contributed by atoms with E-state index in [0.29, 0.717) is 0 Å². The standard InChI is InChI=1S/C23H18O6/c24-21(25)18-11-19(22(26)28-14-16-7-3-1-4-8-16)13-20(12-18)23(27)29-15-17-9-5-2-6-10-17/h1-13H,14-15H2,(H,24,25). The van der Waals surface area contributed by atoms with Crippen LogP contribution in [0, 0.1) is 0 Å². The first-order valence-corrected chi connectivity index (χ1v) is 8.83. The summed E-state index contributed by atoms with van der Waals surface area (Å²) in [5.41, 5.74) is 1.31. The van der Waals surface area contributed by atoms with Crippen molar-refractivity contribution in [3.8, 4) is 0 Å². The average Bonchev–Trinajstić information content (AvgIpc) is 2.76. The topological polar surface area (TPSA) is 89.9 Å². The Morgan fingerprint density at radius 1 is 0.621 bits per heavy atom. The van der Waals surface area contributed by atoms with E-state index < -0.39 is 17.9 Å². The van der Waals surface area contributed by atoms with Gasteiger partial charge >= 0.3 is 17.9 Å². The maximum atomic E-state index is 12.4. The van der Waals surface area contributed by atoms with Crippen molar-refractivity contribution in [3.63, 3.8) is 0 Å². The third-order valence-corrected chi connectivity index (χ3v) is 4.08. The summed E-state index contributed by atoms with van der Waals surface area (Å²) in [5, 5.41) is 9.31. The second kappa shape index (κ2) is 9.32. The Labute approximate surface area is 167 Å². The fourth-order valence-electron chi connectivity index (χ4n) is 2.60. The van der Waals surface area contributed by atoms with Crippen LogP contribution in [0.3, 0.4) is 0 Å². The van der Waals surface area contributed by atoms with Gasteiger partial charge in [0.05, 0.1) is 16.7 Å². The molecule has 146 valence electrons. The SMILES string of the molecule is O=C(O)c1cc(C(=O)OCc2ccccc2)cc(C(=O)OCc2ccccc2)c1. The molecule has 0 heterocycles. The maximum absolute atomic E-state index is 12.4. The molecule has 29 heavy (non-hydrogen) atoms. The molecule has 0 aliphatic rings. The molecule has 1 N–H and O–H groups in total. The van der Waals surface area contributed by atoms with Gasteiger partial charge in [0.15, 0.2) is 0 Å². The number of aromatic carboxylic acids is 1. The Morgan fingerprint density at radius 2 is 1.00 bits per heavy atom. The van der Waals surface area contributed by atoms with E-state index in [2.05, 4.69) is 0 Å². The Kier molecular flexibility index (Phi) is 6.37. The number of esters is 2. The van der Waals surface area contributed by atoms with Crippen LogP contribution in [0.1, 0.15) is 42.2 Å². The highest BCUT2D eigenvalue weighted by atomic mass is 16.5. The van der Waals surface area contributed by atoms with E-state index in [-0.39, 0.29) is 29.9 Å². The van der Waals surface area contributed by atoms with Gasteiger partial charge in [-0.1, -0.05) is 60.7 Å². The number of carboxylic acid groups (broad SMARTS) is 1. The molecule has 0 unspecified atom stereocenters. The molecule has 0 aliphatic carbocycles. The molecule has 0 bridgehead atoms. The molecule has 0 aliphatic heterocycles. The molecule has 0 aromatic heterocycles. The van der Waals surface area contributed by atoms with E-state index in [1.807, 2.05) is 36.4 Å². The molecular weight excluding hydrogens is 372 g/mol. The first-order chi connectivity index (χ1) is 14.0. The van der Waals surface area contributed by atoms with Crippen LogP contribution in [0.15, 0.2) is 78.9 Å². The highest BCUT2D eigenvalue weighted by molar-refractivity contribution is 6.00. The molecule has 0 fully saturated rings. The van der Waals surface area contributed by atoms with Gasteiger partial charge in [-0.2, -0.15) is 0 Å². The van der Waals surface area contributed by atoms with Crippen molar-refractivity contribution in [1.82, 2.24) is 0 Å². The molecule has 6 nitrogen and oxygen atoms in total. The van der Waals surface area contributed by atoms with E-state index >= 15 is 0 Å². The lowest BCUT2D eigenvalue weighted by Crippen LogP contribution is -2.12. The molecule has 0 spiro atoms. The summed E-state index contributed by atoms with van der Waals surface area (Å²) >= 11 is 0. The number of hydrogen-bond donors (Lipinski definition) is 1. The van der Waals surface area contributed by atoms with Gasteiger partial charge in [-0.15, -0.1) is 0 Å². The van der Waals surface area contributed by atoms with Gasteiger partial charge in [0, 0.05) is 0 Å². The van der Waals surface area contributed by atoms with Crippen molar-refractivity contribution in [2.24, 2.45) is 0 Å². The van der Waals surface area contributed by atoms with Crippen molar-refractivity contribution < 1.29 is 29.0 Å². The Bertz CT molecular complexity index is 938. The van der Waals surface area contributed by atoms with Gasteiger partial charge in [-0.25, -0.2) is 14.4 Å². The van der Waals surface area contributed by atoms with Crippen LogP contribution in [0.4, 0.5) is 0 Å². The van der Waals surface area contributed by atoms with Gasteiger partial charge in [-0.05, 0) is 29.3 Å². The molecule has 0 saturated heterocycles. The van der Waals surface area contributed by atoms with Crippen molar-refractivity contribution in [1.29, 1.82) is 0 Å². The average molecular weight is 390 g/mol. The third kappa shape index (κ3) is 5.52. The summed E-state index contributed by atoms with van der Waals surface area (Å²) in [7, 11) is 0. The number of ether oxygens (including phenoxy) is 2. The minimum atomic E-state index is -1.26. The first kappa shape index (κ1) is 19.8. The minimum Gasteiger partial charge on any atom is -0.478 e. The second-order valence-corrected chi connectivity index (χ2v) is 6.23. The predicted octanol–water partition coefficient (Wildman–Crippen LogP) is 4.10. The van der Waals surface area contributed by atoms with Crippen molar-refractivity contribution in [2.75, 3.05) is 0 Å². The van der Waals surface area contributed by atoms with Gasteiger partial charge in [0.25, 0.3) is 0 Å². The van der Waals surface area contributed by atoms with Crippen molar-refractivity contribution in [2.45, 2.75) is 13.2 Å². The molecule has 0 amide bonds. The fraction of sp³-hybridized carbons (Fsp3) is 0.0870. The lowest BCUT2D eigenvalue weighted by Gasteiger charge is -2.09. The van der Waals surface area contributed by atoms with Gasteiger partial charge in [-0.3, -0.25) is 0 Å². The number of carboxylic acids is 1. The molecular formula is C23H18O6. The van der Waals surface area contributed by atoms with E-state index in [1.165, 1.54) is 18.2 Å². The second-order valence-electron chi connectivity index (χ2n) is 6.23. The number of benzene rings is 3. The molecule has 0 atom stereocenters. The lowest BCUT2D eigenvalue weighted by molar-refractivity contribution is 0.0470. The quantitative estimate of drug-likeness (QED) is 0.611. The zero-order valence-electron chi connectivity index (χ0n) is 15.4. The van der Waals surface area contributed by atoms with Crippen LogP contribution in [0.25, 0.3) is 0 Å². The highest BCUT2D eigenvalue weighted by Crippen LogP contribution is 2.15. The van der Waals surface area contributed by atoms with E-state index in [4.69, 9.17) is 9.47 Å². The summed E-state index contributed by atoms with van der Waals surface area (Å²) in [5.74, 6) is -2.72. The fourth-order valence-corrected chi connectivity index (χ4v) is 2.60. The van der Waals surface area contributed by atoms with Crippen LogP contribution in [0.2, 0.25) is 0 Å². The van der Waals surface area contributed by atoms with Crippen molar-refractivity contribution in [3.05, 3.63) is 107 Å². The highest BCUT2D eigenvalue weighted by Gasteiger charge is 2.18. The monoisotopic (exact) mass is 390 g/mol. The van der Waals surface area contributed by atoms with Gasteiger partial charge in [0.2, 0.25) is 0 Å². The number of carbonyl (C=O) groups is 3. The predicted molar refractivity (Wildman–Crippen MR) is 105 cm³/mol. The van der Waals surface area contributed by atoms with Crippen LogP contribution in [0.5, 0.6) is 0 Å². The zero-order valence-corrected chi connectivity index (χ0v) is 15.4. The number of hydrogen-bond acceptors (Lipinski definition) is 5. The molecule has 0 saturated carbocycles. The maximum Gasteiger partial charge on any atom is 0.338 e. The summed E-state index contributed by atoms with van der Waals surface area (Å²) in [6.07, 6.45) is 0. The summed E-state index contributed by atoms with van der Waals surface area (Å²) in [4.78, 5) is 36.2. The van der Waals surface area contributed by atoms with Crippen LogP contribution in [-0.4, -0.2) is 23.0 Å². The van der Waals surface area contributed by atoms with Crippen LogP contribution < -0.4 is 0 Å². The van der Waals surface area contributed by atoms with Gasteiger partial charge in [0.1, 0.15) is 13.2 Å². The Hall–Kier alpha value is -3.93. The lowest BCUT2D eigenvalue weighted by atomic mass is 10.1. The number of rotatable bonds is 7. The minimum absolute atomic E-state index is 0.0325. The Balaban J connectivity index is 1.75. The van der Waals surface area contributed by atoms with Crippen molar-refractivity contribution >= 4 is 17.9 Å². The van der Waals surface area contributed by atoms with E-state index in [9.17, 15) is 19.5 Å². The molecule has 3 aromatic rings. The zero-order chi connectivity index (χ0) is 20.6. The summed E-state index contributed by atoms with van der Waals surface area (Å²) in [6, 6.07) is 21.7. The van der Waals surface area contributed by atoms with E-state index in [0.717, 1.165) is 11.1 Å². The molecule has 3 aromatic carbocycles. The smallest absolute Gasteiger partial charge is 0.338 e.